The van der Waals surface area contributed by atoms with E-state index in [-0.39, 0.29) is 17.1 Å². The Morgan fingerprint density at radius 3 is 2.17 bits per heavy atom. The molecule has 0 bridgehead atoms. The van der Waals surface area contributed by atoms with E-state index >= 15 is 0 Å². The van der Waals surface area contributed by atoms with Crippen LogP contribution in [0, 0.1) is 24.4 Å². The van der Waals surface area contributed by atoms with E-state index in [1.54, 1.807) is 54.6 Å². The first-order valence-corrected chi connectivity index (χ1v) is 11.3. The zero-order valence-electron chi connectivity index (χ0n) is 19.6. The number of esters is 1. The smallest absolute Gasteiger partial charge is 0.346 e. The largest absolute Gasteiger partial charge is 0.490 e. The van der Waals surface area contributed by atoms with Crippen molar-refractivity contribution in [3.8, 4) is 33.8 Å². The predicted molar refractivity (Wildman–Crippen MR) is 134 cm³/mol. The Balaban J connectivity index is 1.47. The van der Waals surface area contributed by atoms with E-state index in [0.29, 0.717) is 29.7 Å². The van der Waals surface area contributed by atoms with Gasteiger partial charge in [-0.25, -0.2) is 18.0 Å². The number of ether oxygens (including phenoxy) is 2. The molecule has 0 atom stereocenters. The molecule has 0 heterocycles. The first-order valence-electron chi connectivity index (χ1n) is 11.3. The fourth-order valence-corrected chi connectivity index (χ4v) is 3.59. The molecule has 3 nitrogen and oxygen atoms in total. The minimum absolute atomic E-state index is 0.0535. The van der Waals surface area contributed by atoms with Crippen LogP contribution in [0.3, 0.4) is 0 Å². The van der Waals surface area contributed by atoms with E-state index in [9.17, 15) is 18.0 Å². The maximum atomic E-state index is 14.7. The average Bonchev–Trinajstić information content (AvgIpc) is 2.88. The molecule has 182 valence electrons. The van der Waals surface area contributed by atoms with Gasteiger partial charge in [0.1, 0.15) is 5.75 Å². The highest BCUT2D eigenvalue weighted by atomic mass is 19.2. The lowest BCUT2D eigenvalue weighted by Crippen LogP contribution is -2.12. The first-order chi connectivity index (χ1) is 17.4. The lowest BCUT2D eigenvalue weighted by atomic mass is 10.0. The highest BCUT2D eigenvalue weighted by Gasteiger charge is 2.21. The molecule has 0 radical (unpaired) electrons. The van der Waals surface area contributed by atoms with Crippen molar-refractivity contribution in [2.75, 3.05) is 6.61 Å². The number of rotatable bonds is 8. The Kier molecular flexibility index (Phi) is 7.54. The van der Waals surface area contributed by atoms with Gasteiger partial charge in [-0.3, -0.25) is 0 Å². The van der Waals surface area contributed by atoms with Crippen molar-refractivity contribution in [2.24, 2.45) is 0 Å². The van der Waals surface area contributed by atoms with E-state index in [4.69, 9.17) is 9.47 Å². The summed E-state index contributed by atoms with van der Waals surface area (Å²) in [6.07, 6.45) is 2.29. The maximum Gasteiger partial charge on any atom is 0.346 e. The van der Waals surface area contributed by atoms with Gasteiger partial charge in [-0.05, 0) is 60.4 Å². The Morgan fingerprint density at radius 1 is 0.833 bits per heavy atom. The lowest BCUT2D eigenvalue weighted by molar-refractivity contribution is 0.0728. The summed E-state index contributed by atoms with van der Waals surface area (Å²) < 4.78 is 54.4. The summed E-state index contributed by atoms with van der Waals surface area (Å²) in [5, 5.41) is 0. The van der Waals surface area contributed by atoms with E-state index in [1.807, 2.05) is 6.92 Å². The fraction of sp³-hybridized carbons (Fsp3) is 0.100. The van der Waals surface area contributed by atoms with Crippen LogP contribution >= 0.6 is 0 Å². The number of carbonyl (C=O) groups is 1. The third kappa shape index (κ3) is 5.49. The maximum absolute atomic E-state index is 14.7. The van der Waals surface area contributed by atoms with Gasteiger partial charge in [0.2, 0.25) is 0 Å². The third-order valence-electron chi connectivity index (χ3n) is 5.57. The highest BCUT2D eigenvalue weighted by Crippen LogP contribution is 2.29. The number of carbonyl (C=O) groups excluding carboxylic acids is 1. The summed E-state index contributed by atoms with van der Waals surface area (Å²) in [6.45, 7) is 5.82. The van der Waals surface area contributed by atoms with Gasteiger partial charge in [0.05, 0.1) is 12.2 Å². The first kappa shape index (κ1) is 24.8. The van der Waals surface area contributed by atoms with Crippen molar-refractivity contribution < 1.29 is 27.4 Å². The van der Waals surface area contributed by atoms with Crippen molar-refractivity contribution >= 4 is 5.97 Å². The van der Waals surface area contributed by atoms with Crippen LogP contribution in [0.4, 0.5) is 13.2 Å². The zero-order valence-corrected chi connectivity index (χ0v) is 19.6. The molecule has 0 fully saturated rings. The lowest BCUT2D eigenvalue weighted by Gasteiger charge is -2.10. The molecule has 0 saturated heterocycles. The standard InChI is InChI=1S/C30H23F3O3/c1-3-4-17-35-27-16-11-22(18-26(27)31)20-9-12-23(13-10-20)36-30(34)25-15-14-24(28(32)29(25)33)21-7-5-19(2)6-8-21/h3,5-16,18H,1,4,17H2,2H3. The van der Waals surface area contributed by atoms with Gasteiger partial charge in [0, 0.05) is 5.56 Å². The second-order valence-corrected chi connectivity index (χ2v) is 8.14. The van der Waals surface area contributed by atoms with Crippen LogP contribution in [0.25, 0.3) is 22.3 Å². The molecule has 4 aromatic carbocycles. The molecule has 0 unspecified atom stereocenters. The van der Waals surface area contributed by atoms with Gasteiger partial charge < -0.3 is 9.47 Å². The molecular formula is C30H23F3O3. The zero-order chi connectivity index (χ0) is 25.7. The molecule has 0 aliphatic carbocycles. The summed E-state index contributed by atoms with van der Waals surface area (Å²) in [5.74, 6) is -3.65. The summed E-state index contributed by atoms with van der Waals surface area (Å²) in [5.41, 5.74) is 2.30. The Bertz CT molecular complexity index is 1390. The topological polar surface area (TPSA) is 35.5 Å². The van der Waals surface area contributed by atoms with E-state index in [1.165, 1.54) is 30.3 Å². The number of halogens is 3. The second kappa shape index (κ2) is 11.0. The van der Waals surface area contributed by atoms with Crippen molar-refractivity contribution in [1.82, 2.24) is 0 Å². The minimum Gasteiger partial charge on any atom is -0.490 e. The van der Waals surface area contributed by atoms with Gasteiger partial charge in [0.25, 0.3) is 0 Å². The molecule has 0 saturated carbocycles. The van der Waals surface area contributed by atoms with Crippen LogP contribution in [-0.4, -0.2) is 12.6 Å². The van der Waals surface area contributed by atoms with Crippen molar-refractivity contribution in [3.05, 3.63) is 120 Å². The van der Waals surface area contributed by atoms with Crippen LogP contribution in [-0.2, 0) is 0 Å². The van der Waals surface area contributed by atoms with Crippen molar-refractivity contribution in [3.63, 3.8) is 0 Å². The van der Waals surface area contributed by atoms with Crippen LogP contribution in [0.5, 0.6) is 11.5 Å². The Morgan fingerprint density at radius 2 is 1.50 bits per heavy atom. The molecule has 4 rings (SSSR count). The quantitative estimate of drug-likeness (QED) is 0.109. The predicted octanol–water partition coefficient (Wildman–Crippen LogP) is 7.92. The molecule has 0 aliphatic rings. The van der Waals surface area contributed by atoms with E-state index < -0.39 is 29.0 Å². The van der Waals surface area contributed by atoms with Gasteiger partial charge in [-0.15, -0.1) is 6.58 Å². The summed E-state index contributed by atoms with van der Waals surface area (Å²) in [7, 11) is 0. The van der Waals surface area contributed by atoms with Crippen molar-refractivity contribution in [2.45, 2.75) is 13.3 Å². The molecule has 6 heteroatoms. The van der Waals surface area contributed by atoms with Crippen LogP contribution in [0.15, 0.2) is 91.5 Å². The summed E-state index contributed by atoms with van der Waals surface area (Å²) >= 11 is 0. The van der Waals surface area contributed by atoms with E-state index in [0.717, 1.165) is 5.56 Å². The normalized spacial score (nSPS) is 10.7. The van der Waals surface area contributed by atoms with E-state index in [2.05, 4.69) is 6.58 Å². The second-order valence-electron chi connectivity index (χ2n) is 8.14. The average molecular weight is 489 g/mol. The van der Waals surface area contributed by atoms with Crippen LogP contribution < -0.4 is 9.47 Å². The highest BCUT2D eigenvalue weighted by molar-refractivity contribution is 5.92. The van der Waals surface area contributed by atoms with Gasteiger partial charge in [0.15, 0.2) is 23.2 Å². The SMILES string of the molecule is C=CCCOc1ccc(-c2ccc(OC(=O)c3ccc(-c4ccc(C)cc4)c(F)c3F)cc2)cc1F. The summed E-state index contributed by atoms with van der Waals surface area (Å²) in [6, 6.07) is 20.3. The fourth-order valence-electron chi connectivity index (χ4n) is 3.59. The molecule has 4 aromatic rings. The molecule has 0 aromatic heterocycles. The molecule has 0 spiro atoms. The van der Waals surface area contributed by atoms with Gasteiger partial charge in [-0.2, -0.15) is 0 Å². The molecule has 0 N–H and O–H groups in total. The van der Waals surface area contributed by atoms with Crippen LogP contribution in [0.2, 0.25) is 0 Å². The molecule has 0 amide bonds. The number of benzene rings is 4. The van der Waals surface area contributed by atoms with Crippen molar-refractivity contribution in [1.29, 1.82) is 0 Å². The number of hydrogen-bond acceptors (Lipinski definition) is 3. The number of aryl methyl sites for hydroxylation is 1. The molecule has 36 heavy (non-hydrogen) atoms. The minimum atomic E-state index is -1.28. The Labute approximate surface area is 207 Å². The van der Waals surface area contributed by atoms with Gasteiger partial charge in [-0.1, -0.05) is 60.2 Å². The molecular weight excluding hydrogens is 465 g/mol. The molecule has 0 aliphatic heterocycles. The summed E-state index contributed by atoms with van der Waals surface area (Å²) in [4.78, 5) is 12.5. The Hall–Kier alpha value is -4.32. The van der Waals surface area contributed by atoms with Crippen LogP contribution in [0.1, 0.15) is 22.3 Å². The number of hydrogen-bond donors (Lipinski definition) is 0. The monoisotopic (exact) mass is 488 g/mol. The van der Waals surface area contributed by atoms with Gasteiger partial charge >= 0.3 is 5.97 Å². The third-order valence-corrected chi connectivity index (χ3v) is 5.57.